The summed E-state index contributed by atoms with van der Waals surface area (Å²) in [6.45, 7) is 0.461. The number of nitro groups is 1. The fourth-order valence-electron chi connectivity index (χ4n) is 2.19. The van der Waals surface area contributed by atoms with E-state index in [1.165, 1.54) is 0 Å². The van der Waals surface area contributed by atoms with Crippen LogP contribution in [-0.4, -0.2) is 35.6 Å². The molecule has 1 unspecified atom stereocenters. The number of rotatable bonds is 6. The van der Waals surface area contributed by atoms with Crippen LogP contribution in [0.25, 0.3) is 0 Å². The van der Waals surface area contributed by atoms with Crippen molar-refractivity contribution in [2.24, 2.45) is 0 Å². The molecule has 110 valence electrons. The van der Waals surface area contributed by atoms with Crippen LogP contribution < -0.4 is 0 Å². The van der Waals surface area contributed by atoms with Gasteiger partial charge in [0.15, 0.2) is 6.29 Å². The minimum Gasteiger partial charge on any atom is -0.381 e. The average Bonchev–Trinajstić information content (AvgIpc) is 2.49. The molecule has 6 heteroatoms. The van der Waals surface area contributed by atoms with Crippen molar-refractivity contribution in [2.75, 3.05) is 13.2 Å². The van der Waals surface area contributed by atoms with Gasteiger partial charge in [0.05, 0.1) is 0 Å². The molecule has 1 aliphatic rings. The molecule has 0 aliphatic carbocycles. The molecule has 0 radical (unpaired) electrons. The van der Waals surface area contributed by atoms with Crippen LogP contribution in [0.2, 0.25) is 0 Å². The first-order valence-electron chi connectivity index (χ1n) is 6.78. The maximum absolute atomic E-state index is 11.1. The summed E-state index contributed by atoms with van der Waals surface area (Å²) in [5, 5.41) is 21.2. The minimum absolute atomic E-state index is 0.159. The van der Waals surface area contributed by atoms with E-state index in [2.05, 4.69) is 0 Å². The highest BCUT2D eigenvalue weighted by atomic mass is 16.7. The molecule has 0 bridgehead atoms. The van der Waals surface area contributed by atoms with Crippen molar-refractivity contribution in [2.45, 2.75) is 37.7 Å². The molecule has 6 nitrogen and oxygen atoms in total. The highest BCUT2D eigenvalue weighted by Gasteiger charge is 2.32. The maximum atomic E-state index is 11.1. The van der Waals surface area contributed by atoms with E-state index in [0.29, 0.717) is 12.2 Å². The molecule has 1 aromatic rings. The van der Waals surface area contributed by atoms with Crippen LogP contribution >= 0.6 is 0 Å². The summed E-state index contributed by atoms with van der Waals surface area (Å²) in [6, 6.07) is 7.41. The SMILES string of the molecule is O=[N+]([O-])[C@H](COC1CCCCO1)[C@H](O)c1ccccc1. The van der Waals surface area contributed by atoms with Crippen LogP contribution in [0.1, 0.15) is 30.9 Å². The van der Waals surface area contributed by atoms with Gasteiger partial charge in [-0.3, -0.25) is 10.1 Å². The number of nitrogens with zero attached hydrogens (tertiary/aromatic N) is 1. The number of hydrogen-bond donors (Lipinski definition) is 1. The third-order valence-corrected chi connectivity index (χ3v) is 3.37. The molecular weight excluding hydrogens is 262 g/mol. The summed E-state index contributed by atoms with van der Waals surface area (Å²) in [5.74, 6) is 0. The van der Waals surface area contributed by atoms with Crippen molar-refractivity contribution in [1.29, 1.82) is 0 Å². The van der Waals surface area contributed by atoms with E-state index in [1.807, 2.05) is 0 Å². The van der Waals surface area contributed by atoms with Gasteiger partial charge in [-0.05, 0) is 24.8 Å². The Morgan fingerprint density at radius 1 is 1.40 bits per heavy atom. The Bertz CT molecular complexity index is 419. The van der Waals surface area contributed by atoms with Gasteiger partial charge in [-0.2, -0.15) is 0 Å². The van der Waals surface area contributed by atoms with Crippen molar-refractivity contribution in [3.63, 3.8) is 0 Å². The Labute approximate surface area is 117 Å². The molecule has 1 fully saturated rings. The van der Waals surface area contributed by atoms with Gasteiger partial charge in [0.1, 0.15) is 12.7 Å². The lowest BCUT2D eigenvalue weighted by molar-refractivity contribution is -0.541. The number of aliphatic hydroxyl groups excluding tert-OH is 1. The second-order valence-electron chi connectivity index (χ2n) is 4.84. The van der Waals surface area contributed by atoms with E-state index >= 15 is 0 Å². The quantitative estimate of drug-likeness (QED) is 0.636. The van der Waals surface area contributed by atoms with Gasteiger partial charge in [0.2, 0.25) is 0 Å². The summed E-state index contributed by atoms with van der Waals surface area (Å²) in [6.07, 6.45) is 1.15. The van der Waals surface area contributed by atoms with Gasteiger partial charge in [-0.1, -0.05) is 30.3 Å². The minimum atomic E-state index is -1.19. The van der Waals surface area contributed by atoms with Crippen LogP contribution in [0.3, 0.4) is 0 Å². The Morgan fingerprint density at radius 3 is 2.75 bits per heavy atom. The van der Waals surface area contributed by atoms with Crippen LogP contribution in [0.15, 0.2) is 30.3 Å². The Hall–Kier alpha value is -1.50. The second-order valence-corrected chi connectivity index (χ2v) is 4.84. The van der Waals surface area contributed by atoms with Crippen molar-refractivity contribution >= 4 is 0 Å². The lowest BCUT2D eigenvalue weighted by Gasteiger charge is -2.24. The lowest BCUT2D eigenvalue weighted by Crippen LogP contribution is -2.35. The molecule has 1 N–H and O–H groups in total. The van der Waals surface area contributed by atoms with E-state index in [1.54, 1.807) is 30.3 Å². The predicted molar refractivity (Wildman–Crippen MR) is 71.7 cm³/mol. The van der Waals surface area contributed by atoms with E-state index in [4.69, 9.17) is 9.47 Å². The van der Waals surface area contributed by atoms with Crippen molar-refractivity contribution in [3.05, 3.63) is 46.0 Å². The van der Waals surface area contributed by atoms with E-state index < -0.39 is 23.4 Å². The monoisotopic (exact) mass is 281 g/mol. The third kappa shape index (κ3) is 4.00. The zero-order valence-electron chi connectivity index (χ0n) is 11.2. The molecule has 0 spiro atoms. The van der Waals surface area contributed by atoms with Gasteiger partial charge in [-0.25, -0.2) is 0 Å². The van der Waals surface area contributed by atoms with Crippen LogP contribution in [-0.2, 0) is 9.47 Å². The van der Waals surface area contributed by atoms with Gasteiger partial charge in [0, 0.05) is 11.5 Å². The summed E-state index contributed by atoms with van der Waals surface area (Å²) in [4.78, 5) is 10.6. The Kier molecular flexibility index (Phi) is 5.46. The van der Waals surface area contributed by atoms with Crippen LogP contribution in [0.4, 0.5) is 0 Å². The molecule has 0 amide bonds. The van der Waals surface area contributed by atoms with Gasteiger partial charge >= 0.3 is 0 Å². The molecule has 1 saturated heterocycles. The zero-order valence-corrected chi connectivity index (χ0v) is 11.2. The van der Waals surface area contributed by atoms with Gasteiger partial charge < -0.3 is 14.6 Å². The summed E-state index contributed by atoms with van der Waals surface area (Å²) in [7, 11) is 0. The Morgan fingerprint density at radius 2 is 2.15 bits per heavy atom. The number of aliphatic hydroxyl groups is 1. The molecule has 20 heavy (non-hydrogen) atoms. The van der Waals surface area contributed by atoms with E-state index in [-0.39, 0.29) is 6.61 Å². The first-order chi connectivity index (χ1) is 9.68. The largest absolute Gasteiger partial charge is 0.381 e. The van der Waals surface area contributed by atoms with Crippen LogP contribution in [0.5, 0.6) is 0 Å². The van der Waals surface area contributed by atoms with E-state index in [0.717, 1.165) is 19.3 Å². The summed E-state index contributed by atoms with van der Waals surface area (Å²) in [5.41, 5.74) is 0.516. The second kappa shape index (κ2) is 7.33. The molecule has 1 heterocycles. The van der Waals surface area contributed by atoms with Gasteiger partial charge in [0.25, 0.3) is 6.04 Å². The van der Waals surface area contributed by atoms with Crippen molar-refractivity contribution < 1.29 is 19.5 Å². The molecular formula is C14H19NO5. The maximum Gasteiger partial charge on any atom is 0.265 e. The molecule has 0 aromatic heterocycles. The smallest absolute Gasteiger partial charge is 0.265 e. The van der Waals surface area contributed by atoms with Crippen LogP contribution in [0, 0.1) is 10.1 Å². The summed E-state index contributed by atoms with van der Waals surface area (Å²) < 4.78 is 10.8. The highest BCUT2D eigenvalue weighted by Crippen LogP contribution is 2.21. The van der Waals surface area contributed by atoms with E-state index in [9.17, 15) is 15.2 Å². The normalized spacial score (nSPS) is 22.1. The standard InChI is InChI=1S/C14H19NO5/c16-14(11-6-2-1-3-7-11)12(15(17)18)10-20-13-8-4-5-9-19-13/h1-3,6-7,12-14,16H,4-5,8-10H2/t12-,13?,14-/m1/s1. The fraction of sp³-hybridized carbons (Fsp3) is 0.571. The first-order valence-corrected chi connectivity index (χ1v) is 6.78. The molecule has 0 saturated carbocycles. The summed E-state index contributed by atoms with van der Waals surface area (Å²) >= 11 is 0. The van der Waals surface area contributed by atoms with Crippen molar-refractivity contribution in [3.8, 4) is 0 Å². The first kappa shape index (κ1) is 14.9. The zero-order chi connectivity index (χ0) is 14.4. The third-order valence-electron chi connectivity index (χ3n) is 3.37. The predicted octanol–water partition coefficient (Wildman–Crippen LogP) is 1.91. The fourth-order valence-corrected chi connectivity index (χ4v) is 2.19. The number of ether oxygens (including phenoxy) is 2. The van der Waals surface area contributed by atoms with Gasteiger partial charge in [-0.15, -0.1) is 0 Å². The average molecular weight is 281 g/mol. The molecule has 1 aliphatic heterocycles. The number of benzene rings is 1. The van der Waals surface area contributed by atoms with Crippen molar-refractivity contribution in [1.82, 2.24) is 0 Å². The highest BCUT2D eigenvalue weighted by molar-refractivity contribution is 5.18. The molecule has 3 atom stereocenters. The lowest BCUT2D eigenvalue weighted by atomic mass is 10.0. The molecule has 1 aromatic carbocycles. The Balaban J connectivity index is 1.94. The topological polar surface area (TPSA) is 81.8 Å². The molecule has 2 rings (SSSR count). The number of hydrogen-bond acceptors (Lipinski definition) is 5.